The Morgan fingerprint density at radius 2 is 2.12 bits per heavy atom. The number of hydrogen-bond acceptors (Lipinski definition) is 6. The average molecular weight is 349 g/mol. The van der Waals surface area contributed by atoms with Crippen LogP contribution in [0.4, 0.5) is 5.69 Å². The van der Waals surface area contributed by atoms with E-state index in [1.165, 1.54) is 17.5 Å². The second-order valence-corrected chi connectivity index (χ2v) is 6.71. The molecule has 0 bridgehead atoms. The second-order valence-electron chi connectivity index (χ2n) is 6.71. The van der Waals surface area contributed by atoms with Gasteiger partial charge < -0.3 is 10.5 Å². The Bertz CT molecular complexity index is 847. The zero-order valence-electron chi connectivity index (χ0n) is 14.9. The molecule has 0 saturated carbocycles. The molecule has 0 amide bonds. The Hall–Kier alpha value is -2.73. The molecule has 1 atom stereocenters. The first kappa shape index (κ1) is 16.7. The first-order chi connectivity index (χ1) is 12.7. The van der Waals surface area contributed by atoms with E-state index in [2.05, 4.69) is 45.0 Å². The minimum atomic E-state index is 0.293. The molecule has 2 N–H and O–H groups in total. The summed E-state index contributed by atoms with van der Waals surface area (Å²) < 4.78 is 5.72. The van der Waals surface area contributed by atoms with Crippen LogP contribution in [0.15, 0.2) is 53.7 Å². The van der Waals surface area contributed by atoms with E-state index in [-0.39, 0.29) is 0 Å². The van der Waals surface area contributed by atoms with Crippen LogP contribution >= 0.6 is 0 Å². The predicted molar refractivity (Wildman–Crippen MR) is 102 cm³/mol. The molecule has 1 fully saturated rings. The normalized spacial score (nSPS) is 21.6. The van der Waals surface area contributed by atoms with Crippen LogP contribution in [0.2, 0.25) is 0 Å². The van der Waals surface area contributed by atoms with Gasteiger partial charge in [-0.25, -0.2) is 15.0 Å². The third-order valence-corrected chi connectivity index (χ3v) is 5.14. The largest absolute Gasteiger partial charge is 0.493 e. The lowest BCUT2D eigenvalue weighted by atomic mass is 9.97. The Balaban J connectivity index is 1.51. The van der Waals surface area contributed by atoms with Crippen molar-refractivity contribution in [3.05, 3.63) is 59.8 Å². The third-order valence-electron chi connectivity index (χ3n) is 5.14. The molecule has 2 aliphatic heterocycles. The van der Waals surface area contributed by atoms with Gasteiger partial charge in [-0.15, -0.1) is 0 Å². The number of piperidine rings is 1. The highest BCUT2D eigenvalue weighted by molar-refractivity contribution is 6.02. The molecule has 1 aromatic carbocycles. The molecule has 0 spiro atoms. The van der Waals surface area contributed by atoms with Gasteiger partial charge in [0.15, 0.2) is 0 Å². The fraction of sp³-hybridized carbons (Fsp3) is 0.350. The summed E-state index contributed by atoms with van der Waals surface area (Å²) in [5.74, 6) is 1.03. The highest BCUT2D eigenvalue weighted by Gasteiger charge is 2.25. The molecule has 6 nitrogen and oxygen atoms in total. The van der Waals surface area contributed by atoms with Crippen molar-refractivity contribution in [3.63, 3.8) is 0 Å². The number of rotatable bonds is 3. The van der Waals surface area contributed by atoms with Gasteiger partial charge in [0, 0.05) is 49.5 Å². The summed E-state index contributed by atoms with van der Waals surface area (Å²) in [5.41, 5.74) is 11.3. The predicted octanol–water partition coefficient (Wildman–Crippen LogP) is 2.79. The summed E-state index contributed by atoms with van der Waals surface area (Å²) in [5, 5.41) is 0. The molecule has 4 rings (SSSR count). The standard InChI is InChI=1S/C20H23N5O/c1-14(16-3-2-15-5-7-26-20(15)8-16)25-6-4-19(17(9-21)12-25)24-18-10-22-13-23-11-18/h2-3,8-11,13-14H,4-7,12,21H2,1H3. The Kier molecular flexibility index (Phi) is 4.67. The maximum atomic E-state index is 5.90. The van der Waals surface area contributed by atoms with Gasteiger partial charge in [0.05, 0.1) is 24.7 Å². The number of ether oxygens (including phenoxy) is 1. The van der Waals surface area contributed by atoms with Crippen molar-refractivity contribution in [2.75, 3.05) is 19.7 Å². The van der Waals surface area contributed by atoms with E-state index in [1.54, 1.807) is 18.6 Å². The fourth-order valence-electron chi connectivity index (χ4n) is 3.56. The van der Waals surface area contributed by atoms with Crippen molar-refractivity contribution in [3.8, 4) is 5.75 Å². The number of benzene rings is 1. The fourth-order valence-corrected chi connectivity index (χ4v) is 3.56. The van der Waals surface area contributed by atoms with Crippen LogP contribution in [0.1, 0.15) is 30.5 Å². The molecule has 1 saturated heterocycles. The molecule has 2 aliphatic rings. The van der Waals surface area contributed by atoms with Gasteiger partial charge in [-0.05, 0) is 24.1 Å². The maximum absolute atomic E-state index is 5.90. The lowest BCUT2D eigenvalue weighted by Crippen LogP contribution is -2.38. The molecule has 134 valence electrons. The van der Waals surface area contributed by atoms with Gasteiger partial charge in [0.1, 0.15) is 12.1 Å². The Morgan fingerprint density at radius 1 is 1.27 bits per heavy atom. The van der Waals surface area contributed by atoms with E-state index in [0.717, 1.165) is 55.3 Å². The lowest BCUT2D eigenvalue weighted by molar-refractivity contribution is 0.229. The molecule has 26 heavy (non-hydrogen) atoms. The van der Waals surface area contributed by atoms with Crippen LogP contribution in [0.25, 0.3) is 0 Å². The van der Waals surface area contributed by atoms with Crippen LogP contribution in [-0.4, -0.2) is 40.3 Å². The molecule has 0 aliphatic carbocycles. The minimum Gasteiger partial charge on any atom is -0.493 e. The smallest absolute Gasteiger partial charge is 0.122 e. The van der Waals surface area contributed by atoms with Gasteiger partial charge in [-0.2, -0.15) is 0 Å². The van der Waals surface area contributed by atoms with E-state index in [0.29, 0.717) is 6.04 Å². The summed E-state index contributed by atoms with van der Waals surface area (Å²) in [6.45, 7) is 4.74. The molecule has 0 radical (unpaired) electrons. The Labute approximate surface area is 153 Å². The maximum Gasteiger partial charge on any atom is 0.122 e. The average Bonchev–Trinajstić information content (AvgIpc) is 3.16. The number of likely N-dealkylation sites (tertiary alicyclic amines) is 1. The van der Waals surface area contributed by atoms with Crippen molar-refractivity contribution in [2.45, 2.75) is 25.8 Å². The van der Waals surface area contributed by atoms with Gasteiger partial charge in [-0.1, -0.05) is 12.1 Å². The number of nitrogens with zero attached hydrogens (tertiary/aromatic N) is 4. The molecular formula is C20H23N5O. The molecule has 3 heterocycles. The van der Waals surface area contributed by atoms with E-state index in [4.69, 9.17) is 10.5 Å². The number of nitrogens with two attached hydrogens (primary N) is 1. The third kappa shape index (κ3) is 3.32. The molecule has 1 aromatic heterocycles. The molecular weight excluding hydrogens is 326 g/mol. The van der Waals surface area contributed by atoms with Crippen molar-refractivity contribution < 1.29 is 4.74 Å². The quantitative estimate of drug-likeness (QED) is 0.922. The van der Waals surface area contributed by atoms with Gasteiger partial charge in [-0.3, -0.25) is 4.90 Å². The summed E-state index contributed by atoms with van der Waals surface area (Å²) >= 11 is 0. The van der Waals surface area contributed by atoms with E-state index in [9.17, 15) is 0 Å². The number of fused-ring (bicyclic) bond motifs is 1. The second kappa shape index (κ2) is 7.25. The number of aromatic nitrogens is 2. The van der Waals surface area contributed by atoms with Crippen LogP contribution in [-0.2, 0) is 6.42 Å². The van der Waals surface area contributed by atoms with Gasteiger partial charge >= 0.3 is 0 Å². The first-order valence-corrected chi connectivity index (χ1v) is 8.98. The van der Waals surface area contributed by atoms with Gasteiger partial charge in [0.2, 0.25) is 0 Å². The topological polar surface area (TPSA) is 76.6 Å². The van der Waals surface area contributed by atoms with Crippen LogP contribution in [0.3, 0.4) is 0 Å². The number of hydrogen-bond donors (Lipinski definition) is 1. The van der Waals surface area contributed by atoms with Crippen molar-refractivity contribution >= 4 is 11.4 Å². The Morgan fingerprint density at radius 3 is 2.92 bits per heavy atom. The van der Waals surface area contributed by atoms with Crippen molar-refractivity contribution in [1.29, 1.82) is 0 Å². The zero-order valence-corrected chi connectivity index (χ0v) is 14.9. The summed E-state index contributed by atoms with van der Waals surface area (Å²) in [6, 6.07) is 6.89. The van der Waals surface area contributed by atoms with Crippen LogP contribution in [0, 0.1) is 0 Å². The van der Waals surface area contributed by atoms with Gasteiger partial charge in [0.25, 0.3) is 0 Å². The molecule has 1 unspecified atom stereocenters. The monoisotopic (exact) mass is 349 g/mol. The zero-order chi connectivity index (χ0) is 17.9. The van der Waals surface area contributed by atoms with Crippen molar-refractivity contribution in [2.24, 2.45) is 10.7 Å². The summed E-state index contributed by atoms with van der Waals surface area (Å²) in [4.78, 5) is 15.1. The van der Waals surface area contributed by atoms with E-state index >= 15 is 0 Å². The SMILES string of the molecule is CC(c1ccc2c(c1)OCC2)N1CCC(=Nc2cncnc2)C(=CN)C1. The highest BCUT2D eigenvalue weighted by atomic mass is 16.5. The van der Waals surface area contributed by atoms with E-state index in [1.807, 2.05) is 0 Å². The van der Waals surface area contributed by atoms with E-state index < -0.39 is 0 Å². The summed E-state index contributed by atoms with van der Waals surface area (Å²) in [7, 11) is 0. The highest BCUT2D eigenvalue weighted by Crippen LogP contribution is 2.32. The first-order valence-electron chi connectivity index (χ1n) is 8.98. The van der Waals surface area contributed by atoms with Crippen LogP contribution in [0.5, 0.6) is 5.75 Å². The minimum absolute atomic E-state index is 0.293. The van der Waals surface area contributed by atoms with Crippen LogP contribution < -0.4 is 10.5 Å². The lowest BCUT2D eigenvalue weighted by Gasteiger charge is -2.34. The number of aliphatic imine (C=N–C) groups is 1. The van der Waals surface area contributed by atoms with Crippen molar-refractivity contribution in [1.82, 2.24) is 14.9 Å². The molecule has 6 heteroatoms. The molecule has 2 aromatic rings. The summed E-state index contributed by atoms with van der Waals surface area (Å²) in [6.07, 6.45) is 8.48.